The van der Waals surface area contributed by atoms with Gasteiger partial charge in [0.15, 0.2) is 5.69 Å². The van der Waals surface area contributed by atoms with E-state index >= 15 is 0 Å². The minimum atomic E-state index is 0.678. The van der Waals surface area contributed by atoms with Crippen molar-refractivity contribution < 1.29 is 0 Å². The van der Waals surface area contributed by atoms with Gasteiger partial charge in [-0.15, -0.1) is 0 Å². The Morgan fingerprint density at radius 1 is 1.06 bits per heavy atom. The third-order valence-electron chi connectivity index (χ3n) is 3.12. The van der Waals surface area contributed by atoms with E-state index in [4.69, 9.17) is 11.8 Å². The molecule has 1 aliphatic carbocycles. The lowest BCUT2D eigenvalue weighted by Gasteiger charge is -2.00. The fourth-order valence-electron chi connectivity index (χ4n) is 2.34. The molecule has 0 saturated carbocycles. The van der Waals surface area contributed by atoms with Crippen LogP contribution < -0.4 is 0 Å². The van der Waals surface area contributed by atoms with Gasteiger partial charge in [0.2, 0.25) is 0 Å². The second-order valence-corrected chi connectivity index (χ2v) is 4.11. The maximum Gasteiger partial charge on any atom is 0.187 e. The Kier molecular flexibility index (Phi) is 1.97. The first kappa shape index (κ1) is 9.63. The zero-order valence-corrected chi connectivity index (χ0v) is 9.07. The number of fused-ring (bicyclic) bond motifs is 3. The average molecular weight is 216 g/mol. The Bertz CT molecular complexity index is 638. The molecule has 2 heteroatoms. The van der Waals surface area contributed by atoms with Gasteiger partial charge >= 0.3 is 0 Å². The maximum atomic E-state index is 8.88. The van der Waals surface area contributed by atoms with Crippen LogP contribution in [-0.2, 0) is 6.42 Å². The minimum Gasteiger partial charge on any atom is -0.238 e. The summed E-state index contributed by atoms with van der Waals surface area (Å²) in [5.74, 6) is 0. The molecule has 0 N–H and O–H groups in total. The van der Waals surface area contributed by atoms with E-state index in [1.54, 1.807) is 0 Å². The number of nitrogens with zero attached hydrogens (tertiary/aromatic N) is 2. The highest BCUT2D eigenvalue weighted by Crippen LogP contribution is 2.38. The van der Waals surface area contributed by atoms with Crippen LogP contribution in [0.15, 0.2) is 36.4 Å². The van der Waals surface area contributed by atoms with Crippen LogP contribution in [0.4, 0.5) is 5.69 Å². The number of benzene rings is 2. The van der Waals surface area contributed by atoms with Gasteiger partial charge < -0.3 is 0 Å². The number of rotatable bonds is 0. The van der Waals surface area contributed by atoms with Crippen LogP contribution in [0.1, 0.15) is 16.7 Å². The topological polar surface area (TPSA) is 28.1 Å². The van der Waals surface area contributed by atoms with E-state index in [9.17, 15) is 0 Å². The molecular weight excluding hydrogens is 208 g/mol. The largest absolute Gasteiger partial charge is 0.238 e. The summed E-state index contributed by atoms with van der Waals surface area (Å²) >= 11 is 0. The zero-order chi connectivity index (χ0) is 11.8. The van der Waals surface area contributed by atoms with Crippen molar-refractivity contribution in [2.45, 2.75) is 6.42 Å². The van der Waals surface area contributed by atoms with Crippen molar-refractivity contribution in [1.82, 2.24) is 0 Å². The third kappa shape index (κ3) is 1.40. The smallest absolute Gasteiger partial charge is 0.187 e. The van der Waals surface area contributed by atoms with Crippen molar-refractivity contribution in [2.24, 2.45) is 0 Å². The standard InChI is InChI=1S/C15H8N2/c1-17-13-3-5-15-12(8-13)7-11-6-10(9-16)2-4-14(11)15/h2-6,8H,7H2. The molecule has 2 nitrogen and oxygen atoms in total. The highest BCUT2D eigenvalue weighted by Gasteiger charge is 2.18. The van der Waals surface area contributed by atoms with Crippen LogP contribution in [0.5, 0.6) is 0 Å². The maximum absolute atomic E-state index is 8.88. The molecule has 17 heavy (non-hydrogen) atoms. The van der Waals surface area contributed by atoms with Gasteiger partial charge in [-0.3, -0.25) is 0 Å². The second kappa shape index (κ2) is 3.47. The highest BCUT2D eigenvalue weighted by atomic mass is 14.6. The van der Waals surface area contributed by atoms with Crippen molar-refractivity contribution in [3.05, 3.63) is 64.5 Å². The molecule has 0 aliphatic heterocycles. The first-order valence-corrected chi connectivity index (χ1v) is 5.35. The lowest BCUT2D eigenvalue weighted by Crippen LogP contribution is -1.82. The lowest BCUT2D eigenvalue weighted by atomic mass is 10.0. The molecule has 0 bridgehead atoms. The van der Waals surface area contributed by atoms with E-state index in [0.717, 1.165) is 6.42 Å². The van der Waals surface area contributed by atoms with Gasteiger partial charge in [0.05, 0.1) is 18.2 Å². The summed E-state index contributed by atoms with van der Waals surface area (Å²) in [5.41, 5.74) is 6.12. The monoisotopic (exact) mass is 216 g/mol. The summed E-state index contributed by atoms with van der Waals surface area (Å²) in [7, 11) is 0. The number of hydrogen-bond donors (Lipinski definition) is 0. The van der Waals surface area contributed by atoms with E-state index < -0.39 is 0 Å². The van der Waals surface area contributed by atoms with Gasteiger partial charge in [0.25, 0.3) is 0 Å². The lowest BCUT2D eigenvalue weighted by molar-refractivity contribution is 1.26. The van der Waals surface area contributed by atoms with Crippen LogP contribution in [0, 0.1) is 17.9 Å². The van der Waals surface area contributed by atoms with Gasteiger partial charge in [-0.2, -0.15) is 5.26 Å². The molecule has 0 heterocycles. The summed E-state index contributed by atoms with van der Waals surface area (Å²) in [4.78, 5) is 3.44. The van der Waals surface area contributed by atoms with Crippen LogP contribution >= 0.6 is 0 Å². The van der Waals surface area contributed by atoms with Crippen molar-refractivity contribution >= 4 is 5.69 Å². The summed E-state index contributed by atoms with van der Waals surface area (Å²) < 4.78 is 0. The van der Waals surface area contributed by atoms with Crippen LogP contribution in [-0.4, -0.2) is 0 Å². The van der Waals surface area contributed by atoms with Gasteiger partial charge in [-0.25, -0.2) is 4.85 Å². The third-order valence-corrected chi connectivity index (χ3v) is 3.12. The van der Waals surface area contributed by atoms with E-state index in [-0.39, 0.29) is 0 Å². The molecule has 0 saturated heterocycles. The fourth-order valence-corrected chi connectivity index (χ4v) is 2.34. The first-order chi connectivity index (χ1) is 8.31. The molecule has 2 aromatic carbocycles. The van der Waals surface area contributed by atoms with E-state index in [0.29, 0.717) is 11.3 Å². The summed E-state index contributed by atoms with van der Waals surface area (Å²) in [6.07, 6.45) is 0.823. The number of hydrogen-bond acceptors (Lipinski definition) is 1. The average Bonchev–Trinajstić information content (AvgIpc) is 2.74. The Balaban J connectivity index is 2.18. The highest BCUT2D eigenvalue weighted by molar-refractivity contribution is 5.79. The molecule has 0 aromatic heterocycles. The molecular formula is C15H8N2. The van der Waals surface area contributed by atoms with Crippen molar-refractivity contribution in [2.75, 3.05) is 0 Å². The molecule has 1 aliphatic rings. The van der Waals surface area contributed by atoms with E-state index in [2.05, 4.69) is 10.9 Å². The van der Waals surface area contributed by atoms with Gasteiger partial charge in [0, 0.05) is 0 Å². The SMILES string of the molecule is [C-]#[N+]c1ccc2c(c1)Cc1cc(C#N)ccc1-2. The fraction of sp³-hybridized carbons (Fsp3) is 0.0667. The molecule has 2 aromatic rings. The Labute approximate surface area is 99.6 Å². The van der Waals surface area contributed by atoms with Gasteiger partial charge in [-0.05, 0) is 40.8 Å². The zero-order valence-electron chi connectivity index (χ0n) is 9.07. The quantitative estimate of drug-likeness (QED) is 0.527. The summed E-state index contributed by atoms with van der Waals surface area (Å²) in [6.45, 7) is 7.01. The van der Waals surface area contributed by atoms with E-state index in [1.807, 2.05) is 36.4 Å². The Morgan fingerprint density at radius 2 is 1.76 bits per heavy atom. The van der Waals surface area contributed by atoms with E-state index in [1.165, 1.54) is 22.3 Å². The molecule has 0 radical (unpaired) electrons. The second-order valence-electron chi connectivity index (χ2n) is 4.11. The molecule has 0 atom stereocenters. The minimum absolute atomic E-state index is 0.678. The molecule has 0 unspecified atom stereocenters. The van der Waals surface area contributed by atoms with Crippen LogP contribution in [0.25, 0.3) is 16.0 Å². The van der Waals surface area contributed by atoms with Crippen molar-refractivity contribution in [3.8, 4) is 17.2 Å². The summed E-state index contributed by atoms with van der Waals surface area (Å²) in [5, 5.41) is 8.88. The molecule has 0 fully saturated rings. The normalized spacial score (nSPS) is 11.2. The molecule has 3 rings (SSSR count). The predicted octanol–water partition coefficient (Wildman–Crippen LogP) is 3.68. The molecule has 0 amide bonds. The molecule has 78 valence electrons. The van der Waals surface area contributed by atoms with Gasteiger partial charge in [0.1, 0.15) is 0 Å². The Morgan fingerprint density at radius 3 is 2.47 bits per heavy atom. The van der Waals surface area contributed by atoms with Crippen LogP contribution in [0.2, 0.25) is 0 Å². The summed E-state index contributed by atoms with van der Waals surface area (Å²) in [6, 6.07) is 13.7. The Hall–Kier alpha value is -2.58. The first-order valence-electron chi connectivity index (χ1n) is 5.35. The van der Waals surface area contributed by atoms with Gasteiger partial charge in [-0.1, -0.05) is 24.3 Å². The predicted molar refractivity (Wildman–Crippen MR) is 65.7 cm³/mol. The van der Waals surface area contributed by atoms with Crippen LogP contribution in [0.3, 0.4) is 0 Å². The number of nitriles is 1. The molecule has 0 spiro atoms. The van der Waals surface area contributed by atoms with Crippen molar-refractivity contribution in [3.63, 3.8) is 0 Å². The van der Waals surface area contributed by atoms with Crippen molar-refractivity contribution in [1.29, 1.82) is 5.26 Å².